The molecule has 2 aliphatic heterocycles. The van der Waals surface area contributed by atoms with E-state index in [4.69, 9.17) is 23.2 Å². The highest BCUT2D eigenvalue weighted by Crippen LogP contribution is 2.41. The number of aromatic hydroxyl groups is 1. The highest BCUT2D eigenvalue weighted by atomic mass is 35.5. The van der Waals surface area contributed by atoms with Gasteiger partial charge in [-0.1, -0.05) is 23.2 Å². The minimum Gasteiger partial charge on any atom is -0.508 e. The number of hydrogen-bond donors (Lipinski definition) is 2. The Balaban J connectivity index is 1.64. The van der Waals surface area contributed by atoms with Crippen LogP contribution in [0.25, 0.3) is 0 Å². The molecule has 128 valence electrons. The molecule has 8 heteroatoms. The average molecular weight is 369 g/mol. The van der Waals surface area contributed by atoms with E-state index in [0.717, 1.165) is 31.8 Å². The third-order valence-electron chi connectivity index (χ3n) is 4.97. The van der Waals surface area contributed by atoms with Crippen molar-refractivity contribution in [2.75, 3.05) is 13.1 Å². The maximum atomic E-state index is 12.7. The van der Waals surface area contributed by atoms with Crippen LogP contribution < -0.4 is 11.0 Å². The molecular weight excluding hydrogens is 351 g/mol. The van der Waals surface area contributed by atoms with Crippen LogP contribution in [-0.4, -0.2) is 32.5 Å². The number of phenols is 1. The number of phenolic OH excluding ortho intramolecular Hbond substituents is 1. The first-order valence-electron chi connectivity index (χ1n) is 8.12. The number of rotatable bonds is 2. The molecule has 1 aromatic carbocycles. The van der Waals surface area contributed by atoms with Gasteiger partial charge in [-0.3, -0.25) is 4.57 Å². The number of piperidine rings is 1. The fourth-order valence-corrected chi connectivity index (χ4v) is 4.20. The molecule has 1 fully saturated rings. The normalized spacial score (nSPS) is 21.2. The van der Waals surface area contributed by atoms with Crippen LogP contribution in [0.2, 0.25) is 10.0 Å². The summed E-state index contributed by atoms with van der Waals surface area (Å²) in [5.41, 5.74) is 0.527. The Morgan fingerprint density at radius 2 is 2.00 bits per heavy atom. The number of benzene rings is 1. The molecule has 0 spiro atoms. The van der Waals surface area contributed by atoms with E-state index in [1.165, 1.54) is 6.07 Å². The number of nitrogens with one attached hydrogen (secondary N) is 1. The zero-order valence-electron chi connectivity index (χ0n) is 13.0. The summed E-state index contributed by atoms with van der Waals surface area (Å²) in [6, 6.07) is 3.27. The van der Waals surface area contributed by atoms with Gasteiger partial charge < -0.3 is 10.4 Å². The van der Waals surface area contributed by atoms with Gasteiger partial charge in [-0.05, 0) is 38.1 Å². The van der Waals surface area contributed by atoms with E-state index in [2.05, 4.69) is 10.4 Å². The van der Waals surface area contributed by atoms with Gasteiger partial charge in [0.1, 0.15) is 11.6 Å². The van der Waals surface area contributed by atoms with Gasteiger partial charge in [-0.25, -0.2) is 9.48 Å². The Morgan fingerprint density at radius 3 is 2.71 bits per heavy atom. The van der Waals surface area contributed by atoms with E-state index in [-0.39, 0.29) is 23.4 Å². The van der Waals surface area contributed by atoms with Gasteiger partial charge in [0, 0.05) is 24.4 Å². The van der Waals surface area contributed by atoms with E-state index in [9.17, 15) is 9.90 Å². The molecule has 4 rings (SSSR count). The van der Waals surface area contributed by atoms with E-state index < -0.39 is 0 Å². The number of nitrogens with zero attached hydrogens (tertiary/aromatic N) is 3. The lowest BCUT2D eigenvalue weighted by Crippen LogP contribution is -2.35. The molecule has 6 nitrogen and oxygen atoms in total. The summed E-state index contributed by atoms with van der Waals surface area (Å²) in [6.45, 7) is 2.29. The minimum absolute atomic E-state index is 0.0722. The second kappa shape index (κ2) is 6.10. The zero-order chi connectivity index (χ0) is 16.8. The first-order valence-corrected chi connectivity index (χ1v) is 8.87. The van der Waals surface area contributed by atoms with Gasteiger partial charge >= 0.3 is 5.69 Å². The molecule has 1 atom stereocenters. The van der Waals surface area contributed by atoms with Crippen molar-refractivity contribution in [2.45, 2.75) is 37.8 Å². The van der Waals surface area contributed by atoms with Crippen LogP contribution in [0.5, 0.6) is 5.75 Å². The van der Waals surface area contributed by atoms with Crippen molar-refractivity contribution in [3.8, 4) is 5.75 Å². The average Bonchev–Trinajstić information content (AvgIpc) is 3.12. The maximum absolute atomic E-state index is 12.7. The molecule has 0 aliphatic carbocycles. The van der Waals surface area contributed by atoms with E-state index in [0.29, 0.717) is 28.6 Å². The second-order valence-electron chi connectivity index (χ2n) is 6.43. The molecular formula is C16H18Cl2N4O2. The van der Waals surface area contributed by atoms with Crippen molar-refractivity contribution < 1.29 is 5.11 Å². The van der Waals surface area contributed by atoms with Crippen molar-refractivity contribution in [1.82, 2.24) is 19.7 Å². The van der Waals surface area contributed by atoms with Crippen molar-refractivity contribution in [2.24, 2.45) is 0 Å². The van der Waals surface area contributed by atoms with Crippen molar-refractivity contribution in [3.05, 3.63) is 44.1 Å². The van der Waals surface area contributed by atoms with Crippen molar-refractivity contribution in [3.63, 3.8) is 0 Å². The van der Waals surface area contributed by atoms with Crippen molar-refractivity contribution >= 4 is 23.2 Å². The van der Waals surface area contributed by atoms with Gasteiger partial charge in [-0.2, -0.15) is 5.10 Å². The molecule has 0 bridgehead atoms. The summed E-state index contributed by atoms with van der Waals surface area (Å²) >= 11 is 12.3. The van der Waals surface area contributed by atoms with Gasteiger partial charge in [0.15, 0.2) is 0 Å². The van der Waals surface area contributed by atoms with Crippen LogP contribution in [0, 0.1) is 0 Å². The fourth-order valence-electron chi connectivity index (χ4n) is 3.72. The van der Waals surface area contributed by atoms with Crippen LogP contribution in [0.15, 0.2) is 16.9 Å². The molecule has 2 aromatic rings. The number of hydrogen-bond acceptors (Lipinski definition) is 4. The van der Waals surface area contributed by atoms with Crippen LogP contribution in [0.4, 0.5) is 0 Å². The van der Waals surface area contributed by atoms with Crippen LogP contribution in [-0.2, 0) is 13.0 Å². The van der Waals surface area contributed by atoms with Gasteiger partial charge in [0.2, 0.25) is 0 Å². The van der Waals surface area contributed by atoms with Gasteiger partial charge in [0.05, 0.1) is 16.1 Å². The summed E-state index contributed by atoms with van der Waals surface area (Å²) in [4.78, 5) is 12.7. The number of aromatic nitrogens is 3. The summed E-state index contributed by atoms with van der Waals surface area (Å²) in [5, 5.41) is 18.8. The first kappa shape index (κ1) is 16.0. The topological polar surface area (TPSA) is 72.1 Å². The van der Waals surface area contributed by atoms with E-state index in [1.54, 1.807) is 15.3 Å². The van der Waals surface area contributed by atoms with Crippen LogP contribution >= 0.6 is 23.2 Å². The summed E-state index contributed by atoms with van der Waals surface area (Å²) in [6.07, 6.45) is 2.40. The van der Waals surface area contributed by atoms with Crippen molar-refractivity contribution in [1.29, 1.82) is 0 Å². The predicted molar refractivity (Wildman–Crippen MR) is 92.2 cm³/mol. The fraction of sp³-hybridized carbons (Fsp3) is 0.500. The Bertz CT molecular complexity index is 839. The molecule has 1 aromatic heterocycles. The molecule has 2 aliphatic rings. The smallest absolute Gasteiger partial charge is 0.346 e. The largest absolute Gasteiger partial charge is 0.508 e. The Labute approximate surface area is 149 Å². The van der Waals surface area contributed by atoms with Gasteiger partial charge in [-0.15, -0.1) is 0 Å². The molecule has 0 amide bonds. The zero-order valence-corrected chi connectivity index (χ0v) is 14.5. The molecule has 0 saturated carbocycles. The Kier molecular flexibility index (Phi) is 4.06. The van der Waals surface area contributed by atoms with Gasteiger partial charge in [0.25, 0.3) is 0 Å². The second-order valence-corrected chi connectivity index (χ2v) is 7.22. The SMILES string of the molecule is O=c1n(C2CCNCC2)nc2n1CC(c1c(O)ccc(Cl)c1Cl)C2. The molecule has 0 radical (unpaired) electrons. The highest BCUT2D eigenvalue weighted by molar-refractivity contribution is 6.42. The quantitative estimate of drug-likeness (QED) is 0.852. The van der Waals surface area contributed by atoms with E-state index >= 15 is 0 Å². The third kappa shape index (κ3) is 2.53. The number of fused-ring (bicyclic) bond motifs is 1. The molecule has 24 heavy (non-hydrogen) atoms. The van der Waals surface area contributed by atoms with Crippen LogP contribution in [0.3, 0.4) is 0 Å². The minimum atomic E-state index is -0.0888. The van der Waals surface area contributed by atoms with E-state index in [1.807, 2.05) is 0 Å². The Hall–Kier alpha value is -1.50. The highest BCUT2D eigenvalue weighted by Gasteiger charge is 2.32. The standard InChI is InChI=1S/C16H18Cl2N4O2/c17-11-1-2-12(23)14(15(11)18)9-7-13-20-22(16(24)21(13)8-9)10-3-5-19-6-4-10/h1-2,9-10,19,23H,3-8H2. The monoisotopic (exact) mass is 368 g/mol. The summed E-state index contributed by atoms with van der Waals surface area (Å²) < 4.78 is 3.33. The maximum Gasteiger partial charge on any atom is 0.346 e. The number of halogens is 2. The molecule has 1 saturated heterocycles. The lowest BCUT2D eigenvalue weighted by Gasteiger charge is -2.22. The lowest BCUT2D eigenvalue weighted by molar-refractivity contribution is 0.330. The molecule has 3 heterocycles. The molecule has 2 N–H and O–H groups in total. The summed E-state index contributed by atoms with van der Waals surface area (Å²) in [7, 11) is 0. The predicted octanol–water partition coefficient (Wildman–Crippen LogP) is 2.32. The Morgan fingerprint density at radius 1 is 1.25 bits per heavy atom. The van der Waals surface area contributed by atoms with Crippen LogP contribution in [0.1, 0.15) is 36.2 Å². The first-order chi connectivity index (χ1) is 11.6. The lowest BCUT2D eigenvalue weighted by atomic mass is 9.96. The summed E-state index contributed by atoms with van der Waals surface area (Å²) in [5.74, 6) is 0.770. The molecule has 1 unspecified atom stereocenters. The third-order valence-corrected chi connectivity index (χ3v) is 5.78.